The van der Waals surface area contributed by atoms with Crippen molar-refractivity contribution in [2.24, 2.45) is 9.98 Å². The first kappa shape index (κ1) is 49.5. The fourth-order valence-electron chi connectivity index (χ4n) is 6.36. The molecule has 0 saturated carbocycles. The van der Waals surface area contributed by atoms with Gasteiger partial charge in [0.15, 0.2) is 0 Å². The summed E-state index contributed by atoms with van der Waals surface area (Å²) in [4.78, 5) is 77.5. The predicted octanol–water partition coefficient (Wildman–Crippen LogP) is 8.23. The smallest absolute Gasteiger partial charge is 0.437 e. The zero-order valence-electron chi connectivity index (χ0n) is 38.8. The van der Waals surface area contributed by atoms with Gasteiger partial charge in [0, 0.05) is 50.6 Å². The molecule has 2 aliphatic heterocycles. The number of aryl methyl sites for hydroxylation is 1. The van der Waals surface area contributed by atoms with Gasteiger partial charge >= 0.3 is 24.4 Å². The van der Waals surface area contributed by atoms with E-state index in [9.17, 15) is 24.0 Å². The number of hydrogen-bond acceptors (Lipinski definition) is 10. The first-order valence-corrected chi connectivity index (χ1v) is 20.8. The molecule has 5 amide bonds. The highest BCUT2D eigenvalue weighted by Gasteiger charge is 2.28. The lowest BCUT2D eigenvalue weighted by Crippen LogP contribution is -2.54. The minimum atomic E-state index is -0.879. The Bertz CT molecular complexity index is 2130. The minimum absolute atomic E-state index is 0.0284. The molecule has 18 heteroatoms. The van der Waals surface area contributed by atoms with Gasteiger partial charge in [0.1, 0.15) is 28.2 Å². The van der Waals surface area contributed by atoms with E-state index in [-0.39, 0.29) is 24.0 Å². The number of nitrogens with one attached hydrogen (secondary N) is 3. The van der Waals surface area contributed by atoms with Crippen LogP contribution in [0.3, 0.4) is 0 Å². The molecular formula is C45H63FN8O9. The van der Waals surface area contributed by atoms with Gasteiger partial charge in [0.25, 0.3) is 5.91 Å². The van der Waals surface area contributed by atoms with Crippen LogP contribution in [0.4, 0.5) is 34.9 Å². The standard InChI is InChI=1S/C45H63FN8O9/c1-28-26-31(15-17-34(28)52-22-24-54(25-23-52)37(50-40(58)62-44(8,9)10)51-41(59)63-45(11,12)13)47-35(55)32-16-14-30(27-33(32)46)29-18-20-53(21-19-29)36(48-38(56)60-42(2,3)4)49-39(57)61-43(5,6)7/h14-18,26-27H,19-25H2,1-13H3,(H,47,55)(H,48,49,56,57)(H,50,51,58,59). The highest BCUT2D eigenvalue weighted by Crippen LogP contribution is 2.28. The lowest BCUT2D eigenvalue weighted by Gasteiger charge is -2.38. The number of piperazine rings is 1. The number of ether oxygens (including phenoxy) is 4. The second kappa shape index (κ2) is 19.9. The van der Waals surface area contributed by atoms with Gasteiger partial charge in [-0.05, 0) is 143 Å². The second-order valence-electron chi connectivity index (χ2n) is 19.1. The van der Waals surface area contributed by atoms with Crippen LogP contribution in [0.1, 0.15) is 111 Å². The summed E-state index contributed by atoms with van der Waals surface area (Å²) in [6, 6.07) is 9.85. The summed E-state index contributed by atoms with van der Waals surface area (Å²) in [6.07, 6.45) is -1.01. The zero-order chi connectivity index (χ0) is 47.1. The van der Waals surface area contributed by atoms with Crippen LogP contribution < -0.4 is 20.9 Å². The largest absolute Gasteiger partial charge is 0.444 e. The molecule has 344 valence electrons. The SMILES string of the molecule is Cc1cc(NC(=O)c2ccc(C3=CCN(C(=NC(=O)OC(C)(C)C)NC(=O)OC(C)(C)C)CC3)cc2F)ccc1N1CCN(C(=NC(=O)OC(C)(C)C)NC(=O)OC(C)(C)C)CC1. The number of nitrogens with zero attached hydrogens (tertiary/aromatic N) is 5. The molecule has 2 aromatic rings. The number of carbonyl (C=O) groups excluding carboxylic acids is 5. The Morgan fingerprint density at radius 2 is 1.14 bits per heavy atom. The molecule has 0 aliphatic carbocycles. The molecule has 0 unspecified atom stereocenters. The molecular weight excluding hydrogens is 816 g/mol. The van der Waals surface area contributed by atoms with Gasteiger partial charge in [-0.1, -0.05) is 12.1 Å². The van der Waals surface area contributed by atoms with Crippen molar-refractivity contribution in [1.29, 1.82) is 0 Å². The third-order valence-corrected chi connectivity index (χ3v) is 8.87. The van der Waals surface area contributed by atoms with Gasteiger partial charge < -0.3 is 39.0 Å². The average molecular weight is 879 g/mol. The highest BCUT2D eigenvalue weighted by atomic mass is 19.1. The van der Waals surface area contributed by atoms with E-state index in [1.807, 2.05) is 25.1 Å². The van der Waals surface area contributed by atoms with Gasteiger partial charge in [-0.15, -0.1) is 9.98 Å². The van der Waals surface area contributed by atoms with Crippen LogP contribution in [0.25, 0.3) is 5.57 Å². The fourth-order valence-corrected chi connectivity index (χ4v) is 6.36. The van der Waals surface area contributed by atoms with E-state index in [1.165, 1.54) is 12.1 Å². The maximum atomic E-state index is 15.6. The van der Waals surface area contributed by atoms with Crippen molar-refractivity contribution in [3.63, 3.8) is 0 Å². The number of amides is 5. The summed E-state index contributed by atoms with van der Waals surface area (Å²) in [5.74, 6) is -1.33. The van der Waals surface area contributed by atoms with Crippen LogP contribution in [0.15, 0.2) is 52.5 Å². The molecule has 4 rings (SSSR count). The van der Waals surface area contributed by atoms with Crippen LogP contribution >= 0.6 is 0 Å². The molecule has 0 spiro atoms. The third kappa shape index (κ3) is 16.2. The Hall–Kier alpha value is -6.20. The van der Waals surface area contributed by atoms with Crippen molar-refractivity contribution in [2.45, 2.75) is 119 Å². The number of benzene rings is 2. The molecule has 0 aromatic heterocycles. The molecule has 1 saturated heterocycles. The number of carbonyl (C=O) groups is 5. The summed E-state index contributed by atoms with van der Waals surface area (Å²) in [6.45, 7) is 25.0. The molecule has 2 aliphatic rings. The van der Waals surface area contributed by atoms with E-state index in [0.717, 1.165) is 16.8 Å². The topological polar surface area (TPSA) is 193 Å². The number of rotatable bonds is 4. The lowest BCUT2D eigenvalue weighted by molar-refractivity contribution is 0.0536. The Morgan fingerprint density at radius 3 is 1.59 bits per heavy atom. The highest BCUT2D eigenvalue weighted by molar-refractivity contribution is 6.05. The Balaban J connectivity index is 1.40. The van der Waals surface area contributed by atoms with Gasteiger partial charge in [0.2, 0.25) is 11.9 Å². The first-order valence-electron chi connectivity index (χ1n) is 20.8. The summed E-state index contributed by atoms with van der Waals surface area (Å²) in [5, 5.41) is 7.97. The number of alkyl carbamates (subject to hydrolysis) is 2. The second-order valence-corrected chi connectivity index (χ2v) is 19.1. The van der Waals surface area contributed by atoms with Gasteiger partial charge in [0.05, 0.1) is 5.56 Å². The predicted molar refractivity (Wildman–Crippen MR) is 240 cm³/mol. The van der Waals surface area contributed by atoms with Crippen LogP contribution in [0, 0.1) is 12.7 Å². The number of halogens is 1. The number of aliphatic imine (C=N–C) groups is 2. The van der Waals surface area contributed by atoms with Gasteiger partial charge in [-0.25, -0.2) is 23.6 Å². The van der Waals surface area contributed by atoms with Crippen LogP contribution in [0.5, 0.6) is 0 Å². The third-order valence-electron chi connectivity index (χ3n) is 8.87. The molecule has 17 nitrogen and oxygen atoms in total. The minimum Gasteiger partial charge on any atom is -0.444 e. The van der Waals surface area contributed by atoms with Crippen LogP contribution in [0.2, 0.25) is 0 Å². The maximum absolute atomic E-state index is 15.6. The van der Waals surface area contributed by atoms with E-state index in [4.69, 9.17) is 18.9 Å². The summed E-state index contributed by atoms with van der Waals surface area (Å²) < 4.78 is 37.0. The molecule has 2 heterocycles. The molecule has 0 radical (unpaired) electrons. The number of guanidine groups is 2. The van der Waals surface area contributed by atoms with E-state index in [2.05, 4.69) is 30.8 Å². The van der Waals surface area contributed by atoms with E-state index in [0.29, 0.717) is 50.4 Å². The van der Waals surface area contributed by atoms with Crippen LogP contribution in [-0.2, 0) is 18.9 Å². The lowest BCUT2D eigenvalue weighted by atomic mass is 9.98. The van der Waals surface area contributed by atoms with Gasteiger partial charge in [-0.3, -0.25) is 15.4 Å². The van der Waals surface area contributed by atoms with Gasteiger partial charge in [-0.2, -0.15) is 0 Å². The zero-order valence-corrected chi connectivity index (χ0v) is 38.8. The molecule has 63 heavy (non-hydrogen) atoms. The molecule has 2 aromatic carbocycles. The quantitative estimate of drug-likeness (QED) is 0.152. The first-order chi connectivity index (χ1) is 29.0. The normalized spacial score (nSPS) is 15.5. The van der Waals surface area contributed by atoms with E-state index in [1.54, 1.807) is 105 Å². The van der Waals surface area contributed by atoms with E-state index < -0.39 is 58.5 Å². The van der Waals surface area contributed by atoms with Crippen molar-refractivity contribution >= 4 is 59.1 Å². The molecule has 0 bridgehead atoms. The van der Waals surface area contributed by atoms with Crippen molar-refractivity contribution in [3.05, 3.63) is 65.0 Å². The van der Waals surface area contributed by atoms with E-state index >= 15 is 4.39 Å². The van der Waals surface area contributed by atoms with Crippen molar-refractivity contribution in [2.75, 3.05) is 49.5 Å². The Kier molecular flexibility index (Phi) is 15.6. The van der Waals surface area contributed by atoms with Crippen molar-refractivity contribution in [3.8, 4) is 0 Å². The van der Waals surface area contributed by atoms with Crippen molar-refractivity contribution < 1.29 is 47.3 Å². The number of anilines is 2. The molecule has 1 fully saturated rings. The average Bonchev–Trinajstić information content (AvgIpc) is 3.11. The monoisotopic (exact) mass is 878 g/mol. The number of hydrogen-bond donors (Lipinski definition) is 3. The van der Waals surface area contributed by atoms with Crippen molar-refractivity contribution in [1.82, 2.24) is 20.4 Å². The summed E-state index contributed by atoms with van der Waals surface area (Å²) in [7, 11) is 0. The Labute approximate surface area is 369 Å². The molecule has 0 atom stereocenters. The Morgan fingerprint density at radius 1 is 0.635 bits per heavy atom. The maximum Gasteiger partial charge on any atom is 0.437 e. The summed E-state index contributed by atoms with van der Waals surface area (Å²) >= 11 is 0. The fraction of sp³-hybridized carbons (Fsp3) is 0.533. The van der Waals surface area contributed by atoms with Crippen LogP contribution in [-0.4, -0.2) is 114 Å². The molecule has 3 N–H and O–H groups in total. The summed E-state index contributed by atoms with van der Waals surface area (Å²) in [5.41, 5.74) is 0.390.